The van der Waals surface area contributed by atoms with Crippen molar-refractivity contribution >= 4 is 23.2 Å². The van der Waals surface area contributed by atoms with Gasteiger partial charge < -0.3 is 9.47 Å². The molecule has 0 N–H and O–H groups in total. The zero-order valence-electron chi connectivity index (χ0n) is 16.6. The first-order chi connectivity index (χ1) is 14.7. The maximum Gasteiger partial charge on any atom is 0.212 e. The van der Waals surface area contributed by atoms with Crippen LogP contribution in [0.25, 0.3) is 16.9 Å². The minimum atomic E-state index is 0.00192. The largest absolute Gasteiger partial charge is 0.497 e. The van der Waals surface area contributed by atoms with Gasteiger partial charge in [-0.15, -0.1) is 10.2 Å². The highest BCUT2D eigenvalue weighted by Crippen LogP contribution is 2.23. The fourth-order valence-corrected chi connectivity index (χ4v) is 3.67. The molecule has 0 aliphatic carbocycles. The van der Waals surface area contributed by atoms with Gasteiger partial charge in [0.2, 0.25) is 5.16 Å². The van der Waals surface area contributed by atoms with E-state index in [-0.39, 0.29) is 11.5 Å². The van der Waals surface area contributed by atoms with Gasteiger partial charge >= 0.3 is 0 Å². The predicted octanol–water partition coefficient (Wildman–Crippen LogP) is 4.17. The average Bonchev–Trinajstić information content (AvgIpc) is 3.20. The molecule has 4 rings (SSSR count). The third-order valence-corrected chi connectivity index (χ3v) is 5.36. The van der Waals surface area contributed by atoms with E-state index in [9.17, 15) is 4.79 Å². The SMILES string of the molecule is CCOc1ccc(-c2ccc3nnc(SCC(=O)c4ccc(OC)cc4)n3n2)cc1. The van der Waals surface area contributed by atoms with Gasteiger partial charge in [-0.3, -0.25) is 4.79 Å². The molecule has 2 aromatic heterocycles. The fraction of sp³-hybridized carbons (Fsp3) is 0.182. The van der Waals surface area contributed by atoms with Gasteiger partial charge in [-0.25, -0.2) is 0 Å². The molecule has 0 saturated carbocycles. The lowest BCUT2D eigenvalue weighted by Gasteiger charge is -2.06. The molecule has 0 saturated heterocycles. The molecule has 0 radical (unpaired) electrons. The number of hydrogen-bond acceptors (Lipinski definition) is 7. The first kappa shape index (κ1) is 19.9. The van der Waals surface area contributed by atoms with Crippen LogP contribution in [0.3, 0.4) is 0 Å². The monoisotopic (exact) mass is 420 g/mol. The number of thioether (sulfide) groups is 1. The van der Waals surface area contributed by atoms with Crippen LogP contribution in [-0.4, -0.2) is 45.1 Å². The Morgan fingerprint density at radius 3 is 2.40 bits per heavy atom. The molecule has 2 heterocycles. The normalized spacial score (nSPS) is 10.9. The van der Waals surface area contributed by atoms with E-state index >= 15 is 0 Å². The third-order valence-electron chi connectivity index (χ3n) is 4.44. The van der Waals surface area contributed by atoms with Crippen LogP contribution in [0.5, 0.6) is 11.5 Å². The van der Waals surface area contributed by atoms with Crippen molar-refractivity contribution < 1.29 is 14.3 Å². The van der Waals surface area contributed by atoms with Gasteiger partial charge in [0.1, 0.15) is 11.5 Å². The van der Waals surface area contributed by atoms with Crippen molar-refractivity contribution in [1.29, 1.82) is 0 Å². The highest BCUT2D eigenvalue weighted by atomic mass is 32.2. The van der Waals surface area contributed by atoms with Gasteiger partial charge in [-0.1, -0.05) is 11.8 Å². The summed E-state index contributed by atoms with van der Waals surface area (Å²) in [5, 5.41) is 13.6. The zero-order valence-corrected chi connectivity index (χ0v) is 17.4. The number of ether oxygens (including phenoxy) is 2. The molecule has 0 fully saturated rings. The lowest BCUT2D eigenvalue weighted by atomic mass is 10.1. The quantitative estimate of drug-likeness (QED) is 0.313. The Hall–Kier alpha value is -3.39. The van der Waals surface area contributed by atoms with E-state index in [0.717, 1.165) is 17.0 Å². The van der Waals surface area contributed by atoms with E-state index in [1.807, 2.05) is 43.3 Å². The number of fused-ring (bicyclic) bond motifs is 1. The Labute approximate surface area is 178 Å². The van der Waals surface area contributed by atoms with Gasteiger partial charge in [0.05, 0.1) is 25.2 Å². The zero-order chi connectivity index (χ0) is 20.9. The highest BCUT2D eigenvalue weighted by molar-refractivity contribution is 7.99. The number of aromatic nitrogens is 4. The smallest absolute Gasteiger partial charge is 0.212 e. The summed E-state index contributed by atoms with van der Waals surface area (Å²) >= 11 is 1.31. The van der Waals surface area contributed by atoms with Gasteiger partial charge in [0.15, 0.2) is 11.4 Å². The number of benzene rings is 2. The van der Waals surface area contributed by atoms with Crippen molar-refractivity contribution in [2.75, 3.05) is 19.5 Å². The van der Waals surface area contributed by atoms with Crippen molar-refractivity contribution in [3.63, 3.8) is 0 Å². The number of carbonyl (C=O) groups excluding carboxylic acids is 1. The highest BCUT2D eigenvalue weighted by Gasteiger charge is 2.13. The maximum absolute atomic E-state index is 12.5. The number of carbonyl (C=O) groups is 1. The maximum atomic E-state index is 12.5. The Kier molecular flexibility index (Phi) is 5.94. The molecule has 0 aliphatic heterocycles. The van der Waals surface area contributed by atoms with Gasteiger partial charge in [-0.05, 0) is 67.6 Å². The Bertz CT molecular complexity index is 1160. The summed E-state index contributed by atoms with van der Waals surface area (Å²) in [5.74, 6) is 1.78. The predicted molar refractivity (Wildman–Crippen MR) is 115 cm³/mol. The first-order valence-corrected chi connectivity index (χ1v) is 10.4. The second kappa shape index (κ2) is 8.96. The number of methoxy groups -OCH3 is 1. The summed E-state index contributed by atoms with van der Waals surface area (Å²) in [6.07, 6.45) is 0. The molecule has 2 aromatic carbocycles. The summed E-state index contributed by atoms with van der Waals surface area (Å²) < 4.78 is 12.3. The summed E-state index contributed by atoms with van der Waals surface area (Å²) in [4.78, 5) is 12.5. The molecule has 0 bridgehead atoms. The van der Waals surface area contributed by atoms with E-state index in [4.69, 9.17) is 9.47 Å². The number of nitrogens with zero attached hydrogens (tertiary/aromatic N) is 4. The molecule has 7 nitrogen and oxygen atoms in total. The second-order valence-corrected chi connectivity index (χ2v) is 7.31. The Morgan fingerprint density at radius 1 is 0.967 bits per heavy atom. The lowest BCUT2D eigenvalue weighted by molar-refractivity contribution is 0.102. The number of ketones is 1. The van der Waals surface area contributed by atoms with Gasteiger partial charge in [-0.2, -0.15) is 9.61 Å². The average molecular weight is 420 g/mol. The van der Waals surface area contributed by atoms with Crippen LogP contribution >= 0.6 is 11.8 Å². The van der Waals surface area contributed by atoms with Crippen LogP contribution in [0.4, 0.5) is 0 Å². The molecule has 152 valence electrons. The van der Waals surface area contributed by atoms with Crippen molar-refractivity contribution in [3.8, 4) is 22.8 Å². The van der Waals surface area contributed by atoms with Crippen LogP contribution < -0.4 is 9.47 Å². The van der Waals surface area contributed by atoms with E-state index < -0.39 is 0 Å². The molecule has 0 spiro atoms. The molecule has 0 aliphatic rings. The van der Waals surface area contributed by atoms with Gasteiger partial charge in [0.25, 0.3) is 0 Å². The van der Waals surface area contributed by atoms with Gasteiger partial charge in [0, 0.05) is 11.1 Å². The molecular formula is C22H20N4O3S. The molecular weight excluding hydrogens is 400 g/mol. The summed E-state index contributed by atoms with van der Waals surface area (Å²) in [7, 11) is 1.59. The molecule has 30 heavy (non-hydrogen) atoms. The summed E-state index contributed by atoms with van der Waals surface area (Å²) in [5.41, 5.74) is 3.00. The minimum Gasteiger partial charge on any atom is -0.497 e. The topological polar surface area (TPSA) is 78.6 Å². The second-order valence-electron chi connectivity index (χ2n) is 6.37. The van der Waals surface area contributed by atoms with Crippen LogP contribution in [-0.2, 0) is 0 Å². The van der Waals surface area contributed by atoms with E-state index in [0.29, 0.717) is 28.7 Å². The summed E-state index contributed by atoms with van der Waals surface area (Å²) in [6.45, 7) is 2.58. The van der Waals surface area contributed by atoms with E-state index in [1.165, 1.54) is 11.8 Å². The molecule has 0 amide bonds. The Balaban J connectivity index is 1.51. The standard InChI is InChI=1S/C22H20N4O3S/c1-3-29-18-10-4-15(5-11-18)19-12-13-21-23-24-22(26(21)25-19)30-14-20(27)16-6-8-17(28-2)9-7-16/h4-13H,3,14H2,1-2H3. The van der Waals surface area contributed by atoms with Crippen LogP contribution in [0.15, 0.2) is 65.8 Å². The van der Waals surface area contributed by atoms with Crippen molar-refractivity contribution in [1.82, 2.24) is 19.8 Å². The number of hydrogen-bond donors (Lipinski definition) is 0. The molecule has 0 atom stereocenters. The van der Waals surface area contributed by atoms with Crippen LogP contribution in [0, 0.1) is 0 Å². The fourth-order valence-electron chi connectivity index (χ4n) is 2.89. The van der Waals surface area contributed by atoms with Crippen LogP contribution in [0.2, 0.25) is 0 Å². The molecule has 8 heteroatoms. The minimum absolute atomic E-state index is 0.00192. The van der Waals surface area contributed by atoms with Crippen LogP contribution in [0.1, 0.15) is 17.3 Å². The van der Waals surface area contributed by atoms with Crippen molar-refractivity contribution in [3.05, 3.63) is 66.2 Å². The molecule has 0 unspecified atom stereocenters. The number of Topliss-reactive ketones (excluding diaryl/α,β-unsaturated/α-hetero) is 1. The Morgan fingerprint density at radius 2 is 1.70 bits per heavy atom. The summed E-state index contributed by atoms with van der Waals surface area (Å²) in [6, 6.07) is 18.6. The number of rotatable bonds is 8. The van der Waals surface area contributed by atoms with E-state index in [2.05, 4.69) is 15.3 Å². The first-order valence-electron chi connectivity index (χ1n) is 9.43. The van der Waals surface area contributed by atoms with Crippen molar-refractivity contribution in [2.24, 2.45) is 0 Å². The van der Waals surface area contributed by atoms with E-state index in [1.54, 1.807) is 35.9 Å². The molecule has 4 aromatic rings. The lowest BCUT2D eigenvalue weighted by Crippen LogP contribution is -2.04. The third kappa shape index (κ3) is 4.28. The van der Waals surface area contributed by atoms with Crippen molar-refractivity contribution in [2.45, 2.75) is 12.1 Å².